The van der Waals surface area contributed by atoms with Crippen LogP contribution in [0.2, 0.25) is 0 Å². The molecule has 0 aromatic heterocycles. The van der Waals surface area contributed by atoms with Crippen LogP contribution in [0.25, 0.3) is 0 Å². The molecular formula is C12H16FN. The minimum atomic E-state index is -0.0618. The average Bonchev–Trinajstić information content (AvgIpc) is 2.62. The van der Waals surface area contributed by atoms with Gasteiger partial charge in [-0.05, 0) is 42.4 Å². The van der Waals surface area contributed by atoms with Gasteiger partial charge in [0.2, 0.25) is 0 Å². The second-order valence-electron chi connectivity index (χ2n) is 4.02. The van der Waals surface area contributed by atoms with Crippen molar-refractivity contribution in [3.63, 3.8) is 0 Å². The standard InChI is InChI=1S/C12H16FN/c1-2-12(14)10-7-6-9-8(10)4-3-5-11(9)13/h3-5,10,12H,2,6-7,14H2,1H3. The highest BCUT2D eigenvalue weighted by Crippen LogP contribution is 2.36. The van der Waals surface area contributed by atoms with Gasteiger partial charge < -0.3 is 5.73 Å². The fourth-order valence-electron chi connectivity index (χ4n) is 2.37. The second-order valence-corrected chi connectivity index (χ2v) is 4.02. The minimum absolute atomic E-state index is 0.0618. The lowest BCUT2D eigenvalue weighted by Gasteiger charge is -2.18. The molecular weight excluding hydrogens is 177 g/mol. The smallest absolute Gasteiger partial charge is 0.126 e. The van der Waals surface area contributed by atoms with Crippen molar-refractivity contribution in [2.45, 2.75) is 38.1 Å². The summed E-state index contributed by atoms with van der Waals surface area (Å²) in [6, 6.07) is 5.53. The highest BCUT2D eigenvalue weighted by molar-refractivity contribution is 5.37. The van der Waals surface area contributed by atoms with Crippen molar-refractivity contribution in [1.29, 1.82) is 0 Å². The molecule has 0 heterocycles. The highest BCUT2D eigenvalue weighted by Gasteiger charge is 2.28. The van der Waals surface area contributed by atoms with Crippen LogP contribution in [0.5, 0.6) is 0 Å². The zero-order valence-corrected chi connectivity index (χ0v) is 8.46. The monoisotopic (exact) mass is 193 g/mol. The summed E-state index contributed by atoms with van der Waals surface area (Å²) in [5, 5.41) is 0. The molecule has 1 aliphatic carbocycles. The van der Waals surface area contributed by atoms with Crippen LogP contribution in [0.1, 0.15) is 36.8 Å². The molecule has 14 heavy (non-hydrogen) atoms. The Morgan fingerprint density at radius 2 is 2.36 bits per heavy atom. The molecule has 1 aromatic rings. The quantitative estimate of drug-likeness (QED) is 0.767. The molecule has 1 nitrogen and oxygen atoms in total. The number of nitrogens with two attached hydrogens (primary N) is 1. The topological polar surface area (TPSA) is 26.0 Å². The van der Waals surface area contributed by atoms with Crippen LogP contribution in [0.15, 0.2) is 18.2 Å². The summed E-state index contributed by atoms with van der Waals surface area (Å²) in [6.07, 6.45) is 2.81. The number of halogens is 1. The molecule has 2 unspecified atom stereocenters. The Hall–Kier alpha value is -0.890. The van der Waals surface area contributed by atoms with Crippen LogP contribution < -0.4 is 5.73 Å². The summed E-state index contributed by atoms with van der Waals surface area (Å²) in [4.78, 5) is 0. The molecule has 0 saturated heterocycles. The van der Waals surface area contributed by atoms with E-state index in [0.29, 0.717) is 5.92 Å². The van der Waals surface area contributed by atoms with Crippen molar-refractivity contribution in [3.05, 3.63) is 35.1 Å². The summed E-state index contributed by atoms with van der Waals surface area (Å²) in [6.45, 7) is 2.09. The van der Waals surface area contributed by atoms with Gasteiger partial charge >= 0.3 is 0 Å². The normalized spacial score (nSPS) is 22.1. The highest BCUT2D eigenvalue weighted by atomic mass is 19.1. The predicted molar refractivity (Wildman–Crippen MR) is 55.7 cm³/mol. The van der Waals surface area contributed by atoms with Crippen LogP contribution in [0.4, 0.5) is 4.39 Å². The zero-order chi connectivity index (χ0) is 10.1. The summed E-state index contributed by atoms with van der Waals surface area (Å²) >= 11 is 0. The zero-order valence-electron chi connectivity index (χ0n) is 8.46. The maximum absolute atomic E-state index is 13.4. The van der Waals surface area contributed by atoms with E-state index in [1.54, 1.807) is 12.1 Å². The molecule has 0 radical (unpaired) electrons. The van der Waals surface area contributed by atoms with Crippen molar-refractivity contribution in [2.75, 3.05) is 0 Å². The summed E-state index contributed by atoms with van der Waals surface area (Å²) in [7, 11) is 0. The molecule has 2 atom stereocenters. The van der Waals surface area contributed by atoms with E-state index in [1.807, 2.05) is 6.07 Å². The van der Waals surface area contributed by atoms with Gasteiger partial charge in [-0.1, -0.05) is 19.1 Å². The number of fused-ring (bicyclic) bond motifs is 1. The first kappa shape index (κ1) is 9.66. The van der Waals surface area contributed by atoms with E-state index in [-0.39, 0.29) is 11.9 Å². The van der Waals surface area contributed by atoms with E-state index < -0.39 is 0 Å². The van der Waals surface area contributed by atoms with Gasteiger partial charge in [-0.3, -0.25) is 0 Å². The van der Waals surface area contributed by atoms with Gasteiger partial charge in [0.15, 0.2) is 0 Å². The largest absolute Gasteiger partial charge is 0.327 e. The maximum atomic E-state index is 13.4. The fourth-order valence-corrected chi connectivity index (χ4v) is 2.37. The molecule has 1 aromatic carbocycles. The Kier molecular flexibility index (Phi) is 2.55. The third-order valence-corrected chi connectivity index (χ3v) is 3.25. The number of rotatable bonds is 2. The number of hydrogen-bond donors (Lipinski definition) is 1. The molecule has 0 spiro atoms. The molecule has 0 amide bonds. The van der Waals surface area contributed by atoms with E-state index in [9.17, 15) is 4.39 Å². The van der Waals surface area contributed by atoms with Gasteiger partial charge in [0, 0.05) is 6.04 Å². The van der Waals surface area contributed by atoms with Gasteiger partial charge in [0.05, 0.1) is 0 Å². The molecule has 2 N–H and O–H groups in total. The number of hydrogen-bond acceptors (Lipinski definition) is 1. The number of benzene rings is 1. The molecule has 1 aliphatic rings. The van der Waals surface area contributed by atoms with Crippen LogP contribution >= 0.6 is 0 Å². The van der Waals surface area contributed by atoms with Crippen molar-refractivity contribution >= 4 is 0 Å². The van der Waals surface area contributed by atoms with Gasteiger partial charge in [0.25, 0.3) is 0 Å². The third kappa shape index (κ3) is 1.44. The first-order valence-electron chi connectivity index (χ1n) is 5.27. The third-order valence-electron chi connectivity index (χ3n) is 3.25. The maximum Gasteiger partial charge on any atom is 0.126 e. The summed E-state index contributed by atoms with van der Waals surface area (Å²) in [5.41, 5.74) is 8.05. The Balaban J connectivity index is 2.35. The Morgan fingerprint density at radius 3 is 3.07 bits per heavy atom. The van der Waals surface area contributed by atoms with Crippen LogP contribution in [0, 0.1) is 5.82 Å². The molecule has 0 aliphatic heterocycles. The van der Waals surface area contributed by atoms with E-state index in [0.717, 1.165) is 30.4 Å². The lowest BCUT2D eigenvalue weighted by atomic mass is 9.92. The van der Waals surface area contributed by atoms with E-state index in [1.165, 1.54) is 0 Å². The fraction of sp³-hybridized carbons (Fsp3) is 0.500. The van der Waals surface area contributed by atoms with E-state index in [4.69, 9.17) is 5.73 Å². The molecule has 2 rings (SSSR count). The Morgan fingerprint density at radius 1 is 1.57 bits per heavy atom. The predicted octanol–water partition coefficient (Wildman–Crippen LogP) is 2.59. The van der Waals surface area contributed by atoms with Crippen LogP contribution in [-0.2, 0) is 6.42 Å². The van der Waals surface area contributed by atoms with Gasteiger partial charge in [0.1, 0.15) is 5.82 Å². The van der Waals surface area contributed by atoms with Crippen molar-refractivity contribution in [1.82, 2.24) is 0 Å². The minimum Gasteiger partial charge on any atom is -0.327 e. The molecule has 76 valence electrons. The van der Waals surface area contributed by atoms with Crippen molar-refractivity contribution in [2.24, 2.45) is 5.73 Å². The lowest BCUT2D eigenvalue weighted by molar-refractivity contribution is 0.515. The Labute approximate surface area is 84.1 Å². The first-order chi connectivity index (χ1) is 6.74. The Bertz CT molecular complexity index is 335. The SMILES string of the molecule is CCC(N)C1CCc2c(F)cccc21. The summed E-state index contributed by atoms with van der Waals surface area (Å²) < 4.78 is 13.4. The van der Waals surface area contributed by atoms with Gasteiger partial charge in [-0.25, -0.2) is 4.39 Å². The molecule has 0 saturated carbocycles. The molecule has 0 bridgehead atoms. The first-order valence-corrected chi connectivity index (χ1v) is 5.27. The van der Waals surface area contributed by atoms with Crippen molar-refractivity contribution in [3.8, 4) is 0 Å². The van der Waals surface area contributed by atoms with Gasteiger partial charge in [-0.2, -0.15) is 0 Å². The van der Waals surface area contributed by atoms with Gasteiger partial charge in [-0.15, -0.1) is 0 Å². The van der Waals surface area contributed by atoms with Crippen molar-refractivity contribution < 1.29 is 4.39 Å². The average molecular weight is 193 g/mol. The summed E-state index contributed by atoms with van der Waals surface area (Å²) in [5.74, 6) is 0.305. The van der Waals surface area contributed by atoms with Crippen LogP contribution in [-0.4, -0.2) is 6.04 Å². The van der Waals surface area contributed by atoms with E-state index in [2.05, 4.69) is 6.92 Å². The van der Waals surface area contributed by atoms with Crippen LogP contribution in [0.3, 0.4) is 0 Å². The molecule has 0 fully saturated rings. The lowest BCUT2D eigenvalue weighted by Crippen LogP contribution is -2.26. The molecule has 2 heteroatoms. The van der Waals surface area contributed by atoms with E-state index >= 15 is 0 Å². The second kappa shape index (κ2) is 3.70.